The van der Waals surface area contributed by atoms with Gasteiger partial charge in [-0.05, 0) is 37.3 Å². The maximum Gasteiger partial charge on any atom is 0.225 e. The van der Waals surface area contributed by atoms with Crippen molar-refractivity contribution in [2.24, 2.45) is 11.8 Å². The van der Waals surface area contributed by atoms with Gasteiger partial charge in [-0.25, -0.2) is 4.98 Å². The highest BCUT2D eigenvalue weighted by molar-refractivity contribution is 7.15. The van der Waals surface area contributed by atoms with E-state index in [1.165, 1.54) is 4.88 Å². The molecule has 2 amide bonds. The van der Waals surface area contributed by atoms with E-state index < -0.39 is 0 Å². The Bertz CT molecular complexity index is 906. The molecule has 0 radical (unpaired) electrons. The average Bonchev–Trinajstić information content (AvgIpc) is 3.22. The second-order valence-electron chi connectivity index (χ2n) is 8.68. The summed E-state index contributed by atoms with van der Waals surface area (Å²) in [5, 5.41) is 4.14. The van der Waals surface area contributed by atoms with Crippen molar-refractivity contribution in [2.75, 3.05) is 37.6 Å². The summed E-state index contributed by atoms with van der Waals surface area (Å²) in [5.41, 5.74) is 2.29. The number of carbonyl (C=O) groups is 2. The molecule has 1 aliphatic carbocycles. The van der Waals surface area contributed by atoms with Gasteiger partial charge in [0.2, 0.25) is 11.8 Å². The standard InChI is InChI=1S/C23H31N5O2S/c1-16(2)22(30)27-10-12-28(13-11-27)23-26-19-6-5-18(14-20(19)31-23)21(29)25-9-7-17-4-3-8-24-15-17/h3-4,8,15-16,18H,5-7,9-14H2,1-2H3,(H,25,29)/t18-/m1/s1. The molecule has 0 aromatic carbocycles. The van der Waals surface area contributed by atoms with Gasteiger partial charge in [0.05, 0.1) is 5.69 Å². The first-order chi connectivity index (χ1) is 15.0. The van der Waals surface area contributed by atoms with Crippen LogP contribution < -0.4 is 10.2 Å². The number of hydrogen-bond acceptors (Lipinski definition) is 6. The number of nitrogens with zero attached hydrogens (tertiary/aromatic N) is 4. The van der Waals surface area contributed by atoms with E-state index in [9.17, 15) is 9.59 Å². The summed E-state index contributed by atoms with van der Waals surface area (Å²) in [6.45, 7) is 7.70. The zero-order valence-corrected chi connectivity index (χ0v) is 19.2. The normalized spacial score (nSPS) is 18.7. The van der Waals surface area contributed by atoms with Crippen LogP contribution in [0.25, 0.3) is 0 Å². The van der Waals surface area contributed by atoms with E-state index in [1.807, 2.05) is 37.1 Å². The van der Waals surface area contributed by atoms with Crippen molar-refractivity contribution in [1.29, 1.82) is 0 Å². The lowest BCUT2D eigenvalue weighted by molar-refractivity contribution is -0.134. The molecule has 1 fully saturated rings. The largest absolute Gasteiger partial charge is 0.356 e. The fraction of sp³-hybridized carbons (Fsp3) is 0.565. The van der Waals surface area contributed by atoms with Crippen LogP contribution in [0, 0.1) is 11.8 Å². The minimum atomic E-state index is 0.0233. The van der Waals surface area contributed by atoms with Crippen molar-refractivity contribution in [1.82, 2.24) is 20.2 Å². The van der Waals surface area contributed by atoms with Gasteiger partial charge in [-0.3, -0.25) is 14.6 Å². The SMILES string of the molecule is CC(C)C(=O)N1CCN(c2nc3c(s2)C[C@H](C(=O)NCCc2cccnc2)CC3)CC1. The van der Waals surface area contributed by atoms with Gasteiger partial charge in [-0.1, -0.05) is 19.9 Å². The molecule has 1 N–H and O–H groups in total. The summed E-state index contributed by atoms with van der Waals surface area (Å²) in [6.07, 6.45) is 6.89. The average molecular weight is 442 g/mol. The molecule has 7 nitrogen and oxygen atoms in total. The van der Waals surface area contributed by atoms with Gasteiger partial charge < -0.3 is 15.1 Å². The first kappa shape index (κ1) is 21.7. The van der Waals surface area contributed by atoms with Crippen molar-refractivity contribution in [2.45, 2.75) is 39.5 Å². The predicted octanol–water partition coefficient (Wildman–Crippen LogP) is 2.31. The Labute approximate surface area is 187 Å². The number of nitrogens with one attached hydrogen (secondary N) is 1. The molecule has 8 heteroatoms. The first-order valence-corrected chi connectivity index (χ1v) is 12.0. The van der Waals surface area contributed by atoms with Crippen LogP contribution in [-0.4, -0.2) is 59.4 Å². The molecule has 1 aliphatic heterocycles. The second-order valence-corrected chi connectivity index (χ2v) is 9.74. The lowest BCUT2D eigenvalue weighted by Crippen LogP contribution is -2.49. The van der Waals surface area contributed by atoms with Gasteiger partial charge in [0.1, 0.15) is 0 Å². The van der Waals surface area contributed by atoms with Gasteiger partial charge in [0.25, 0.3) is 0 Å². The quantitative estimate of drug-likeness (QED) is 0.744. The zero-order valence-electron chi connectivity index (χ0n) is 18.3. The van der Waals surface area contributed by atoms with Gasteiger partial charge in [-0.2, -0.15) is 0 Å². The molecule has 2 aromatic heterocycles. The molecule has 31 heavy (non-hydrogen) atoms. The number of amides is 2. The molecule has 4 rings (SSSR count). The number of aryl methyl sites for hydroxylation is 1. The predicted molar refractivity (Wildman–Crippen MR) is 122 cm³/mol. The van der Waals surface area contributed by atoms with E-state index >= 15 is 0 Å². The molecule has 1 saturated heterocycles. The lowest BCUT2D eigenvalue weighted by Gasteiger charge is -2.35. The Kier molecular flexibility index (Phi) is 6.85. The fourth-order valence-electron chi connectivity index (χ4n) is 4.22. The number of anilines is 1. The maximum atomic E-state index is 12.7. The summed E-state index contributed by atoms with van der Waals surface area (Å²) in [4.78, 5) is 39.4. The second kappa shape index (κ2) is 9.77. The van der Waals surface area contributed by atoms with Crippen LogP contribution in [0.5, 0.6) is 0 Å². The van der Waals surface area contributed by atoms with E-state index in [2.05, 4.69) is 15.2 Å². The van der Waals surface area contributed by atoms with E-state index in [-0.39, 0.29) is 23.7 Å². The molecule has 2 aliphatic rings. The monoisotopic (exact) mass is 441 g/mol. The highest BCUT2D eigenvalue weighted by atomic mass is 32.1. The van der Waals surface area contributed by atoms with E-state index in [0.29, 0.717) is 6.54 Å². The molecule has 0 bridgehead atoms. The molecule has 1 atom stereocenters. The Morgan fingerprint density at radius 1 is 1.26 bits per heavy atom. The molecule has 0 unspecified atom stereocenters. The summed E-state index contributed by atoms with van der Waals surface area (Å²) in [7, 11) is 0. The van der Waals surface area contributed by atoms with E-state index in [1.54, 1.807) is 17.5 Å². The van der Waals surface area contributed by atoms with Crippen LogP contribution in [0.15, 0.2) is 24.5 Å². The van der Waals surface area contributed by atoms with Crippen LogP contribution >= 0.6 is 11.3 Å². The third-order valence-corrected chi connectivity index (χ3v) is 7.27. The van der Waals surface area contributed by atoms with Gasteiger partial charge in [0.15, 0.2) is 5.13 Å². The number of pyridine rings is 1. The van der Waals surface area contributed by atoms with Crippen molar-refractivity contribution < 1.29 is 9.59 Å². The maximum absolute atomic E-state index is 12.7. The van der Waals surface area contributed by atoms with Crippen LogP contribution in [0.3, 0.4) is 0 Å². The number of carbonyl (C=O) groups excluding carboxylic acids is 2. The molecule has 0 saturated carbocycles. The van der Waals surface area contributed by atoms with Crippen molar-refractivity contribution in [3.05, 3.63) is 40.7 Å². The number of rotatable bonds is 6. The third-order valence-electron chi connectivity index (χ3n) is 6.09. The van der Waals surface area contributed by atoms with Gasteiger partial charge in [-0.15, -0.1) is 11.3 Å². The van der Waals surface area contributed by atoms with Crippen molar-refractivity contribution >= 4 is 28.3 Å². The Morgan fingerprint density at radius 2 is 2.06 bits per heavy atom. The summed E-state index contributed by atoms with van der Waals surface area (Å²) >= 11 is 1.72. The summed E-state index contributed by atoms with van der Waals surface area (Å²) in [5.74, 6) is 0.446. The smallest absolute Gasteiger partial charge is 0.225 e. The third kappa shape index (κ3) is 5.23. The Hall–Kier alpha value is -2.48. The Morgan fingerprint density at radius 3 is 2.77 bits per heavy atom. The number of piperazine rings is 1. The highest BCUT2D eigenvalue weighted by Crippen LogP contribution is 2.34. The van der Waals surface area contributed by atoms with Crippen molar-refractivity contribution in [3.8, 4) is 0 Å². The number of thiazole rings is 1. The van der Waals surface area contributed by atoms with Crippen molar-refractivity contribution in [3.63, 3.8) is 0 Å². The Balaban J connectivity index is 1.28. The van der Waals surface area contributed by atoms with Crippen LogP contribution in [0.2, 0.25) is 0 Å². The number of fused-ring (bicyclic) bond motifs is 1. The van der Waals surface area contributed by atoms with Crippen LogP contribution in [0.1, 0.15) is 36.4 Å². The van der Waals surface area contributed by atoms with Gasteiger partial charge in [0, 0.05) is 61.8 Å². The minimum absolute atomic E-state index is 0.0233. The lowest BCUT2D eigenvalue weighted by atomic mass is 9.90. The highest BCUT2D eigenvalue weighted by Gasteiger charge is 2.30. The summed E-state index contributed by atoms with van der Waals surface area (Å²) in [6, 6.07) is 3.95. The molecule has 0 spiro atoms. The number of aromatic nitrogens is 2. The molecule has 166 valence electrons. The molecule has 2 aromatic rings. The number of hydrogen-bond donors (Lipinski definition) is 1. The van der Waals surface area contributed by atoms with Gasteiger partial charge >= 0.3 is 0 Å². The minimum Gasteiger partial charge on any atom is -0.356 e. The molecule has 3 heterocycles. The van der Waals surface area contributed by atoms with E-state index in [0.717, 1.165) is 68.3 Å². The first-order valence-electron chi connectivity index (χ1n) is 11.2. The molecular formula is C23H31N5O2S. The molecular weight excluding hydrogens is 410 g/mol. The van der Waals surface area contributed by atoms with E-state index in [4.69, 9.17) is 4.98 Å². The zero-order chi connectivity index (χ0) is 21.8. The van der Waals surface area contributed by atoms with Crippen LogP contribution in [-0.2, 0) is 28.9 Å². The summed E-state index contributed by atoms with van der Waals surface area (Å²) < 4.78 is 0. The fourth-order valence-corrected chi connectivity index (χ4v) is 5.46. The topological polar surface area (TPSA) is 78.4 Å². The van der Waals surface area contributed by atoms with Crippen LogP contribution in [0.4, 0.5) is 5.13 Å².